The highest BCUT2D eigenvalue weighted by Gasteiger charge is 2.24. The van der Waals surface area contributed by atoms with Gasteiger partial charge in [-0.3, -0.25) is 0 Å². The molecule has 7 aromatic heterocycles. The van der Waals surface area contributed by atoms with Crippen molar-refractivity contribution >= 4 is 131 Å². The molecular formula is C75H42N6O3. The first kappa shape index (κ1) is 45.2. The average molecular weight is 1080 g/mol. The Balaban J connectivity index is 0.822. The molecule has 9 heteroatoms. The fourth-order valence-corrected chi connectivity index (χ4v) is 13.8. The highest BCUT2D eigenvalue weighted by atomic mass is 16.3. The van der Waals surface area contributed by atoms with Crippen LogP contribution in [0.15, 0.2) is 268 Å². The van der Waals surface area contributed by atoms with Crippen LogP contribution in [0.3, 0.4) is 0 Å². The van der Waals surface area contributed by atoms with Gasteiger partial charge in [-0.15, -0.1) is 0 Å². The summed E-state index contributed by atoms with van der Waals surface area (Å²) in [4.78, 5) is 16.4. The maximum atomic E-state index is 6.44. The van der Waals surface area contributed by atoms with Crippen LogP contribution in [0.5, 0.6) is 0 Å². The van der Waals surface area contributed by atoms with Crippen LogP contribution in [0.4, 0.5) is 0 Å². The number of rotatable bonds is 6. The molecule has 0 aliphatic carbocycles. The molecule has 0 saturated heterocycles. The van der Waals surface area contributed by atoms with Crippen LogP contribution in [-0.2, 0) is 0 Å². The zero-order chi connectivity index (χ0) is 54.7. The average Bonchev–Trinajstić information content (AvgIpc) is 2.54. The lowest BCUT2D eigenvalue weighted by molar-refractivity contribution is 0.669. The van der Waals surface area contributed by atoms with Crippen LogP contribution >= 0.6 is 0 Å². The molecular weight excluding hydrogens is 1030 g/mol. The SMILES string of the molecule is c1cc(-c2nc(-c3cccc(-n4c5ccccc5c5c6c(ccc54)oc4ccccc46)c3)nc(-c3cccc(-n4c5ccccc5c5c6c(ccc54)oc4ccccc46)c3)n2)cc(-n2c3ccccc3c3c4c(ccc32)oc2ccccc24)c1. The molecule has 0 atom stereocenters. The lowest BCUT2D eigenvalue weighted by Crippen LogP contribution is -2.02. The Kier molecular flexibility index (Phi) is 9.15. The molecule has 0 spiro atoms. The number of aromatic nitrogens is 6. The van der Waals surface area contributed by atoms with Gasteiger partial charge in [0.25, 0.3) is 0 Å². The van der Waals surface area contributed by atoms with Crippen LogP contribution in [-0.4, -0.2) is 28.7 Å². The summed E-state index contributed by atoms with van der Waals surface area (Å²) in [5, 5.41) is 13.5. The standard InChI is InChI=1S/C75H42N6O3/c1-7-28-55-49(22-1)67-58(34-37-64-70(67)52-25-4-10-31-61(52)82-64)79(55)46-19-13-16-43(40-46)73-76-74(44-17-14-20-47(41-44)80-56-29-8-2-23-50(56)68-59(80)35-38-65-71(68)53-26-5-11-32-62(53)83-65)78-75(77-73)45-18-15-21-48(42-45)81-57-30-9-3-24-51(57)69-60(81)36-39-66-72(69)54-27-6-12-33-63(54)84-66/h1-42H. The minimum atomic E-state index is 0.550. The number of nitrogens with zero attached hydrogens (tertiary/aromatic N) is 6. The van der Waals surface area contributed by atoms with Crippen molar-refractivity contribution in [3.05, 3.63) is 255 Å². The van der Waals surface area contributed by atoms with Crippen LogP contribution < -0.4 is 0 Å². The van der Waals surface area contributed by atoms with Crippen molar-refractivity contribution in [3.8, 4) is 51.2 Å². The lowest BCUT2D eigenvalue weighted by Gasteiger charge is -2.13. The van der Waals surface area contributed by atoms with E-state index in [1.165, 1.54) is 0 Å². The maximum absolute atomic E-state index is 6.44. The van der Waals surface area contributed by atoms with Gasteiger partial charge < -0.3 is 27.0 Å². The van der Waals surface area contributed by atoms with E-state index in [-0.39, 0.29) is 0 Å². The molecule has 0 radical (unpaired) electrons. The summed E-state index contributed by atoms with van der Waals surface area (Å²) in [6.45, 7) is 0. The summed E-state index contributed by atoms with van der Waals surface area (Å²) in [6.07, 6.45) is 0. The first-order valence-electron chi connectivity index (χ1n) is 28.2. The minimum absolute atomic E-state index is 0.550. The molecule has 0 aliphatic heterocycles. The molecule has 0 aliphatic rings. The minimum Gasteiger partial charge on any atom is -0.456 e. The normalized spacial score (nSPS) is 12.3. The molecule has 19 rings (SSSR count). The van der Waals surface area contributed by atoms with Gasteiger partial charge in [0.2, 0.25) is 0 Å². The number of furan rings is 3. The summed E-state index contributed by atoms with van der Waals surface area (Å²) in [7, 11) is 0. The van der Waals surface area contributed by atoms with E-state index in [1.54, 1.807) is 0 Å². The van der Waals surface area contributed by atoms with Gasteiger partial charge in [0, 0.05) is 98.4 Å². The van der Waals surface area contributed by atoms with Gasteiger partial charge in [-0.1, -0.05) is 146 Å². The van der Waals surface area contributed by atoms with Gasteiger partial charge >= 0.3 is 0 Å². The van der Waals surface area contributed by atoms with Gasteiger partial charge in [0.05, 0.1) is 33.1 Å². The molecule has 12 aromatic carbocycles. The van der Waals surface area contributed by atoms with Crippen LogP contribution in [0, 0.1) is 0 Å². The van der Waals surface area contributed by atoms with Crippen molar-refractivity contribution in [2.75, 3.05) is 0 Å². The van der Waals surface area contributed by atoms with Gasteiger partial charge in [0.1, 0.15) is 33.5 Å². The molecule has 0 saturated carbocycles. The monoisotopic (exact) mass is 1070 g/mol. The Morgan fingerprint density at radius 1 is 0.214 bits per heavy atom. The zero-order valence-electron chi connectivity index (χ0n) is 44.7. The fraction of sp³-hybridized carbons (Fsp3) is 0. The Morgan fingerprint density at radius 2 is 0.500 bits per heavy atom. The smallest absolute Gasteiger partial charge is 0.164 e. The van der Waals surface area contributed by atoms with Gasteiger partial charge in [-0.05, 0) is 109 Å². The Hall–Kier alpha value is -11.6. The van der Waals surface area contributed by atoms with E-state index in [0.717, 1.165) is 165 Å². The first-order valence-corrected chi connectivity index (χ1v) is 28.2. The number of hydrogen-bond acceptors (Lipinski definition) is 6. The summed E-state index contributed by atoms with van der Waals surface area (Å²) in [5.74, 6) is 1.65. The van der Waals surface area contributed by atoms with E-state index in [9.17, 15) is 0 Å². The van der Waals surface area contributed by atoms with Crippen molar-refractivity contribution in [1.82, 2.24) is 28.7 Å². The second-order valence-electron chi connectivity index (χ2n) is 21.8. The highest BCUT2D eigenvalue weighted by molar-refractivity contribution is 6.30. The van der Waals surface area contributed by atoms with Crippen LogP contribution in [0.25, 0.3) is 182 Å². The quantitative estimate of drug-likeness (QED) is 0.165. The molecule has 19 aromatic rings. The second kappa shape index (κ2) is 17.0. The predicted octanol–water partition coefficient (Wildman–Crippen LogP) is 19.9. The third kappa shape index (κ3) is 6.34. The van der Waals surface area contributed by atoms with E-state index in [1.807, 2.05) is 36.4 Å². The summed E-state index contributed by atoms with van der Waals surface area (Å²) >= 11 is 0. The summed E-state index contributed by atoms with van der Waals surface area (Å²) in [6, 6.07) is 89.4. The van der Waals surface area contributed by atoms with Gasteiger partial charge in [-0.2, -0.15) is 0 Å². The maximum Gasteiger partial charge on any atom is 0.164 e. The van der Waals surface area contributed by atoms with Crippen molar-refractivity contribution in [2.45, 2.75) is 0 Å². The van der Waals surface area contributed by atoms with Gasteiger partial charge in [-0.25, -0.2) is 15.0 Å². The van der Waals surface area contributed by atoms with E-state index >= 15 is 0 Å². The lowest BCUT2D eigenvalue weighted by atomic mass is 10.1. The predicted molar refractivity (Wildman–Crippen MR) is 341 cm³/mol. The van der Waals surface area contributed by atoms with Crippen molar-refractivity contribution in [3.63, 3.8) is 0 Å². The van der Waals surface area contributed by atoms with Crippen molar-refractivity contribution in [1.29, 1.82) is 0 Å². The Morgan fingerprint density at radius 3 is 0.821 bits per heavy atom. The van der Waals surface area contributed by atoms with Gasteiger partial charge in [0.15, 0.2) is 17.5 Å². The highest BCUT2D eigenvalue weighted by Crippen LogP contribution is 2.45. The molecule has 0 N–H and O–H groups in total. The third-order valence-corrected chi connectivity index (χ3v) is 17.3. The Bertz CT molecular complexity index is 5430. The molecule has 7 heterocycles. The molecule has 0 fully saturated rings. The molecule has 0 amide bonds. The number of para-hydroxylation sites is 6. The van der Waals surface area contributed by atoms with E-state index in [2.05, 4.69) is 232 Å². The Labute approximate surface area is 476 Å². The first-order chi connectivity index (χ1) is 41.6. The largest absolute Gasteiger partial charge is 0.456 e. The molecule has 84 heavy (non-hydrogen) atoms. The zero-order valence-corrected chi connectivity index (χ0v) is 44.7. The van der Waals surface area contributed by atoms with E-state index in [4.69, 9.17) is 28.2 Å². The molecule has 0 bridgehead atoms. The van der Waals surface area contributed by atoms with E-state index < -0.39 is 0 Å². The summed E-state index contributed by atoms with van der Waals surface area (Å²) < 4.78 is 26.4. The fourth-order valence-electron chi connectivity index (χ4n) is 13.8. The second-order valence-corrected chi connectivity index (χ2v) is 21.8. The third-order valence-electron chi connectivity index (χ3n) is 17.3. The topological polar surface area (TPSA) is 92.9 Å². The molecule has 390 valence electrons. The molecule has 9 nitrogen and oxygen atoms in total. The van der Waals surface area contributed by atoms with Crippen LogP contribution in [0.1, 0.15) is 0 Å². The van der Waals surface area contributed by atoms with Crippen molar-refractivity contribution < 1.29 is 13.3 Å². The van der Waals surface area contributed by atoms with E-state index in [0.29, 0.717) is 17.5 Å². The number of hydrogen-bond donors (Lipinski definition) is 0. The summed E-state index contributed by atoms with van der Waals surface area (Å²) in [5.41, 5.74) is 17.2. The molecule has 0 unspecified atom stereocenters. The van der Waals surface area contributed by atoms with Crippen molar-refractivity contribution in [2.24, 2.45) is 0 Å². The van der Waals surface area contributed by atoms with Crippen LogP contribution in [0.2, 0.25) is 0 Å². The number of fused-ring (bicyclic) bond motifs is 21. The number of benzene rings is 12.